The summed E-state index contributed by atoms with van der Waals surface area (Å²) in [5, 5.41) is 13.7. The van der Waals surface area contributed by atoms with Gasteiger partial charge in [0.2, 0.25) is 5.82 Å². The first-order valence-electron chi connectivity index (χ1n) is 6.00. The van der Waals surface area contributed by atoms with Gasteiger partial charge in [0.25, 0.3) is 0 Å². The zero-order valence-electron chi connectivity index (χ0n) is 11.0. The van der Waals surface area contributed by atoms with E-state index in [0.717, 1.165) is 13.0 Å². The van der Waals surface area contributed by atoms with E-state index in [1.54, 1.807) is 6.07 Å². The highest BCUT2D eigenvalue weighted by Gasteiger charge is 2.18. The quantitative estimate of drug-likeness (QED) is 0.626. The minimum atomic E-state index is -0.746. The highest BCUT2D eigenvalue weighted by Crippen LogP contribution is 2.21. The normalized spacial score (nSPS) is 11.6. The van der Waals surface area contributed by atoms with Gasteiger partial charge in [-0.15, -0.1) is 0 Å². The molecule has 0 aliphatic rings. The lowest BCUT2D eigenvalue weighted by atomic mass is 9.90. The Morgan fingerprint density at radius 1 is 1.44 bits per heavy atom. The van der Waals surface area contributed by atoms with Crippen molar-refractivity contribution in [2.24, 2.45) is 5.41 Å². The Morgan fingerprint density at radius 2 is 2.11 bits per heavy atom. The Bertz CT molecular complexity index is 433. The summed E-state index contributed by atoms with van der Waals surface area (Å²) >= 11 is 0. The van der Waals surface area contributed by atoms with Crippen molar-refractivity contribution in [3.05, 3.63) is 39.7 Å². The Balaban J connectivity index is 2.69. The lowest BCUT2D eigenvalue weighted by Gasteiger charge is -2.23. The highest BCUT2D eigenvalue weighted by atomic mass is 19.1. The van der Waals surface area contributed by atoms with Crippen molar-refractivity contribution < 1.29 is 9.31 Å². The number of nitro groups is 1. The molecule has 0 atom stereocenters. The molecule has 100 valence electrons. The van der Waals surface area contributed by atoms with Crippen LogP contribution in [0.1, 0.15) is 32.8 Å². The van der Waals surface area contributed by atoms with Crippen LogP contribution in [0.5, 0.6) is 0 Å². The second kappa shape index (κ2) is 5.91. The Labute approximate surface area is 106 Å². The fraction of sp³-hybridized carbons (Fsp3) is 0.538. The van der Waals surface area contributed by atoms with Gasteiger partial charge in [0.05, 0.1) is 4.92 Å². The van der Waals surface area contributed by atoms with Crippen molar-refractivity contribution in [3.63, 3.8) is 0 Å². The molecular formula is C13H19FN2O2. The summed E-state index contributed by atoms with van der Waals surface area (Å²) in [4.78, 5) is 9.90. The topological polar surface area (TPSA) is 55.2 Å². The van der Waals surface area contributed by atoms with Gasteiger partial charge < -0.3 is 5.32 Å². The number of benzene rings is 1. The van der Waals surface area contributed by atoms with E-state index >= 15 is 0 Å². The molecule has 0 amide bonds. The van der Waals surface area contributed by atoms with Crippen LogP contribution in [0, 0.1) is 21.3 Å². The average molecular weight is 254 g/mol. The molecule has 0 spiro atoms. The molecule has 0 aliphatic heterocycles. The number of nitrogens with zero attached hydrogens (tertiary/aromatic N) is 1. The van der Waals surface area contributed by atoms with Crippen LogP contribution in [0.3, 0.4) is 0 Å². The maximum absolute atomic E-state index is 13.7. The summed E-state index contributed by atoms with van der Waals surface area (Å²) in [6.45, 7) is 7.37. The standard InChI is InChI=1S/C13H19FN2O2/c1-4-13(2,3)9-15-8-10-6-5-7-11(12(10)14)16(17)18/h5-7,15H,4,8-9H2,1-3H3. The molecule has 0 radical (unpaired) electrons. The third-order valence-electron chi connectivity index (χ3n) is 3.13. The summed E-state index contributed by atoms with van der Waals surface area (Å²) in [5.74, 6) is -0.746. The van der Waals surface area contributed by atoms with E-state index in [1.165, 1.54) is 12.1 Å². The summed E-state index contributed by atoms with van der Waals surface area (Å²) in [5.41, 5.74) is -0.00264. The second-order valence-electron chi connectivity index (χ2n) is 5.13. The monoisotopic (exact) mass is 254 g/mol. The number of nitro benzene ring substituents is 1. The summed E-state index contributed by atoms with van der Waals surface area (Å²) in [6.07, 6.45) is 1.01. The average Bonchev–Trinajstić information content (AvgIpc) is 2.31. The molecule has 0 bridgehead atoms. The fourth-order valence-corrected chi connectivity index (χ4v) is 1.50. The van der Waals surface area contributed by atoms with Gasteiger partial charge in [-0.2, -0.15) is 4.39 Å². The lowest BCUT2D eigenvalue weighted by molar-refractivity contribution is -0.387. The van der Waals surface area contributed by atoms with Gasteiger partial charge in [-0.25, -0.2) is 0 Å². The summed E-state index contributed by atoms with van der Waals surface area (Å²) in [7, 11) is 0. The Kier molecular flexibility index (Phi) is 4.78. The largest absolute Gasteiger partial charge is 0.312 e. The Hall–Kier alpha value is -1.49. The van der Waals surface area contributed by atoms with Crippen LogP contribution in [0.25, 0.3) is 0 Å². The van der Waals surface area contributed by atoms with Crippen LogP contribution in [0.2, 0.25) is 0 Å². The molecule has 5 heteroatoms. The molecular weight excluding hydrogens is 235 g/mol. The van der Waals surface area contributed by atoms with Crippen LogP contribution in [0.4, 0.5) is 10.1 Å². The van der Waals surface area contributed by atoms with Gasteiger partial charge in [-0.05, 0) is 11.8 Å². The van der Waals surface area contributed by atoms with Crippen molar-refractivity contribution in [3.8, 4) is 0 Å². The van der Waals surface area contributed by atoms with E-state index in [2.05, 4.69) is 26.1 Å². The first-order chi connectivity index (χ1) is 8.37. The van der Waals surface area contributed by atoms with E-state index in [0.29, 0.717) is 12.1 Å². The maximum Gasteiger partial charge on any atom is 0.305 e. The zero-order chi connectivity index (χ0) is 13.8. The van der Waals surface area contributed by atoms with Crippen LogP contribution in [0.15, 0.2) is 18.2 Å². The second-order valence-corrected chi connectivity index (χ2v) is 5.13. The molecule has 1 aromatic rings. The van der Waals surface area contributed by atoms with E-state index in [1.807, 2.05) is 0 Å². The van der Waals surface area contributed by atoms with Crippen LogP contribution in [-0.4, -0.2) is 11.5 Å². The van der Waals surface area contributed by atoms with E-state index in [-0.39, 0.29) is 5.41 Å². The van der Waals surface area contributed by atoms with Crippen molar-refractivity contribution >= 4 is 5.69 Å². The van der Waals surface area contributed by atoms with E-state index in [4.69, 9.17) is 0 Å². The molecule has 1 rings (SSSR count). The fourth-order valence-electron chi connectivity index (χ4n) is 1.50. The summed E-state index contributed by atoms with van der Waals surface area (Å²) in [6, 6.07) is 4.24. The number of nitrogens with one attached hydrogen (secondary N) is 1. The third kappa shape index (κ3) is 3.77. The molecule has 0 saturated carbocycles. The summed E-state index contributed by atoms with van der Waals surface area (Å²) < 4.78 is 13.7. The van der Waals surface area contributed by atoms with E-state index < -0.39 is 16.4 Å². The maximum atomic E-state index is 13.7. The van der Waals surface area contributed by atoms with Gasteiger partial charge in [0, 0.05) is 24.7 Å². The van der Waals surface area contributed by atoms with Gasteiger partial charge >= 0.3 is 5.69 Å². The molecule has 0 unspecified atom stereocenters. The lowest BCUT2D eigenvalue weighted by Crippen LogP contribution is -2.28. The number of halogens is 1. The number of hydrogen-bond acceptors (Lipinski definition) is 3. The Morgan fingerprint density at radius 3 is 2.67 bits per heavy atom. The molecule has 0 aromatic heterocycles. The van der Waals surface area contributed by atoms with Gasteiger partial charge in [-0.3, -0.25) is 10.1 Å². The predicted octanol–water partition coefficient (Wildman–Crippen LogP) is 3.26. The number of hydrogen-bond donors (Lipinski definition) is 1. The van der Waals surface area contributed by atoms with Crippen LogP contribution in [-0.2, 0) is 6.54 Å². The minimum absolute atomic E-state index is 0.136. The van der Waals surface area contributed by atoms with Crippen molar-refractivity contribution in [2.45, 2.75) is 33.7 Å². The molecule has 0 aliphatic carbocycles. The van der Waals surface area contributed by atoms with Crippen LogP contribution < -0.4 is 5.32 Å². The highest BCUT2D eigenvalue weighted by molar-refractivity contribution is 5.36. The zero-order valence-corrected chi connectivity index (χ0v) is 11.0. The molecule has 0 saturated heterocycles. The minimum Gasteiger partial charge on any atom is -0.312 e. The van der Waals surface area contributed by atoms with Gasteiger partial charge in [0.1, 0.15) is 0 Å². The molecule has 1 N–H and O–H groups in total. The van der Waals surface area contributed by atoms with Gasteiger partial charge in [-0.1, -0.05) is 32.9 Å². The van der Waals surface area contributed by atoms with Crippen molar-refractivity contribution in [1.82, 2.24) is 5.32 Å². The molecule has 0 fully saturated rings. The van der Waals surface area contributed by atoms with Crippen molar-refractivity contribution in [2.75, 3.05) is 6.54 Å². The van der Waals surface area contributed by atoms with Crippen LogP contribution >= 0.6 is 0 Å². The third-order valence-corrected chi connectivity index (χ3v) is 3.13. The molecule has 1 aromatic carbocycles. The molecule has 4 nitrogen and oxygen atoms in total. The predicted molar refractivity (Wildman–Crippen MR) is 68.8 cm³/mol. The smallest absolute Gasteiger partial charge is 0.305 e. The first-order valence-corrected chi connectivity index (χ1v) is 6.00. The van der Waals surface area contributed by atoms with Gasteiger partial charge in [0.15, 0.2) is 0 Å². The molecule has 18 heavy (non-hydrogen) atoms. The number of rotatable bonds is 6. The SMILES string of the molecule is CCC(C)(C)CNCc1cccc([N+](=O)[O-])c1F. The van der Waals surface area contributed by atoms with E-state index in [9.17, 15) is 14.5 Å². The first kappa shape index (κ1) is 14.6. The van der Waals surface area contributed by atoms with Crippen molar-refractivity contribution in [1.29, 1.82) is 0 Å². The molecule has 0 heterocycles.